The van der Waals surface area contributed by atoms with Crippen LogP contribution in [0.25, 0.3) is 0 Å². The number of nitrogens with one attached hydrogen (secondary N) is 2. The summed E-state index contributed by atoms with van der Waals surface area (Å²) in [6, 6.07) is 7.66. The number of imide groups is 1. The second-order valence-corrected chi connectivity index (χ2v) is 6.19. The number of carbonyl (C=O) groups excluding carboxylic acids is 2. The van der Waals surface area contributed by atoms with E-state index in [1.54, 1.807) is 0 Å². The van der Waals surface area contributed by atoms with Crippen LogP contribution in [-0.2, 0) is 14.3 Å². The summed E-state index contributed by atoms with van der Waals surface area (Å²) in [4.78, 5) is 23.1. The monoisotopic (exact) mass is 362 g/mol. The first-order chi connectivity index (χ1) is 11.7. The summed E-state index contributed by atoms with van der Waals surface area (Å²) in [6.45, 7) is 2.47. The van der Waals surface area contributed by atoms with Gasteiger partial charge in [0, 0.05) is 12.0 Å². The summed E-state index contributed by atoms with van der Waals surface area (Å²) >= 11 is 0. The fourth-order valence-electron chi connectivity index (χ4n) is 3.07. The Bertz CT molecular complexity index is 657. The van der Waals surface area contributed by atoms with Gasteiger partial charge < -0.3 is 10.1 Å². The van der Waals surface area contributed by atoms with E-state index in [1.165, 1.54) is 0 Å². The molecule has 25 heavy (non-hydrogen) atoms. The van der Waals surface area contributed by atoms with Crippen molar-refractivity contribution in [1.82, 2.24) is 10.6 Å². The number of ether oxygens (including phenoxy) is 1. The maximum Gasteiger partial charge on any atom is 0.234 e. The predicted molar refractivity (Wildman–Crippen MR) is 97.5 cm³/mol. The lowest BCUT2D eigenvalue weighted by atomic mass is 9.90. The van der Waals surface area contributed by atoms with E-state index in [4.69, 9.17) is 4.74 Å². The van der Waals surface area contributed by atoms with Crippen LogP contribution in [0.5, 0.6) is 0 Å². The van der Waals surface area contributed by atoms with E-state index in [9.17, 15) is 9.59 Å². The Hall–Kier alpha value is -1.87. The molecule has 2 aliphatic rings. The van der Waals surface area contributed by atoms with Crippen molar-refractivity contribution in [3.8, 4) is 11.8 Å². The highest BCUT2D eigenvalue weighted by atomic mass is 35.5. The van der Waals surface area contributed by atoms with Gasteiger partial charge in [-0.25, -0.2) is 0 Å². The summed E-state index contributed by atoms with van der Waals surface area (Å²) in [5.41, 5.74) is 1.83. The molecule has 1 aromatic carbocycles. The van der Waals surface area contributed by atoms with Crippen LogP contribution < -0.4 is 10.6 Å². The van der Waals surface area contributed by atoms with Crippen molar-refractivity contribution in [2.45, 2.75) is 37.7 Å². The molecular weight excluding hydrogens is 340 g/mol. The number of carbonyl (C=O) groups is 2. The lowest BCUT2D eigenvalue weighted by Crippen LogP contribution is -2.39. The van der Waals surface area contributed by atoms with Gasteiger partial charge in [-0.1, -0.05) is 24.0 Å². The first kappa shape index (κ1) is 19.5. The molecule has 2 amide bonds. The summed E-state index contributed by atoms with van der Waals surface area (Å²) < 4.78 is 5.75. The zero-order chi connectivity index (χ0) is 16.8. The Morgan fingerprint density at radius 3 is 2.48 bits per heavy atom. The van der Waals surface area contributed by atoms with Crippen molar-refractivity contribution in [3.63, 3.8) is 0 Å². The third-order valence-corrected chi connectivity index (χ3v) is 4.46. The van der Waals surface area contributed by atoms with E-state index in [0.717, 1.165) is 37.1 Å². The highest BCUT2D eigenvalue weighted by molar-refractivity contribution is 6.00. The van der Waals surface area contributed by atoms with E-state index in [-0.39, 0.29) is 30.1 Å². The van der Waals surface area contributed by atoms with Gasteiger partial charge in [0.2, 0.25) is 11.8 Å². The molecule has 1 unspecified atom stereocenters. The van der Waals surface area contributed by atoms with Crippen molar-refractivity contribution in [2.24, 2.45) is 0 Å². The van der Waals surface area contributed by atoms with Crippen LogP contribution in [0.15, 0.2) is 24.3 Å². The normalized spacial score (nSPS) is 20.9. The van der Waals surface area contributed by atoms with Gasteiger partial charge in [0.1, 0.15) is 6.61 Å². The van der Waals surface area contributed by atoms with Gasteiger partial charge >= 0.3 is 0 Å². The SMILES string of the molecule is Cl.O=C1CCC(c2ccc(C#CCOC3CCNCC3)cc2)C(=O)N1. The smallest absolute Gasteiger partial charge is 0.234 e. The molecule has 0 aromatic heterocycles. The highest BCUT2D eigenvalue weighted by Crippen LogP contribution is 2.24. The lowest BCUT2D eigenvalue weighted by molar-refractivity contribution is -0.134. The van der Waals surface area contributed by atoms with Crippen molar-refractivity contribution in [3.05, 3.63) is 35.4 Å². The summed E-state index contributed by atoms with van der Waals surface area (Å²) in [7, 11) is 0. The number of amides is 2. The molecule has 3 rings (SSSR count). The van der Waals surface area contributed by atoms with E-state index in [2.05, 4.69) is 22.5 Å². The number of hydrogen-bond acceptors (Lipinski definition) is 4. The molecule has 134 valence electrons. The molecule has 2 fully saturated rings. The van der Waals surface area contributed by atoms with E-state index < -0.39 is 0 Å². The maximum absolute atomic E-state index is 11.9. The van der Waals surface area contributed by atoms with Crippen LogP contribution in [0, 0.1) is 11.8 Å². The number of rotatable bonds is 3. The molecule has 2 heterocycles. The van der Waals surface area contributed by atoms with Gasteiger partial charge in [-0.05, 0) is 50.0 Å². The third-order valence-electron chi connectivity index (χ3n) is 4.46. The maximum atomic E-state index is 11.9. The zero-order valence-corrected chi connectivity index (χ0v) is 14.9. The Balaban J connectivity index is 0.00000225. The molecule has 2 saturated heterocycles. The quantitative estimate of drug-likeness (QED) is 0.635. The van der Waals surface area contributed by atoms with Crippen LogP contribution in [0.4, 0.5) is 0 Å². The van der Waals surface area contributed by atoms with Gasteiger partial charge in [-0.15, -0.1) is 12.4 Å². The number of hydrogen-bond donors (Lipinski definition) is 2. The van der Waals surface area contributed by atoms with Crippen molar-refractivity contribution < 1.29 is 14.3 Å². The van der Waals surface area contributed by atoms with Crippen LogP contribution in [-0.4, -0.2) is 37.6 Å². The largest absolute Gasteiger partial charge is 0.365 e. The number of benzene rings is 1. The summed E-state index contributed by atoms with van der Waals surface area (Å²) in [5.74, 6) is 5.50. The average Bonchev–Trinajstić information content (AvgIpc) is 2.60. The molecular formula is C19H23ClN2O3. The van der Waals surface area contributed by atoms with Gasteiger partial charge in [0.05, 0.1) is 12.0 Å². The second-order valence-electron chi connectivity index (χ2n) is 6.19. The topological polar surface area (TPSA) is 67.4 Å². The fourth-order valence-corrected chi connectivity index (χ4v) is 3.07. The molecule has 0 saturated carbocycles. The minimum absolute atomic E-state index is 0. The average molecular weight is 363 g/mol. The minimum atomic E-state index is -0.243. The number of piperidine rings is 2. The molecule has 5 nitrogen and oxygen atoms in total. The van der Waals surface area contributed by atoms with Crippen LogP contribution in [0.1, 0.15) is 42.7 Å². The van der Waals surface area contributed by atoms with Gasteiger partial charge in [0.15, 0.2) is 0 Å². The molecule has 1 aromatic rings. The Morgan fingerprint density at radius 2 is 1.80 bits per heavy atom. The minimum Gasteiger partial charge on any atom is -0.365 e. The zero-order valence-electron chi connectivity index (χ0n) is 14.0. The Labute approximate surface area is 154 Å². The van der Waals surface area contributed by atoms with Crippen molar-refractivity contribution >= 4 is 24.2 Å². The molecule has 2 aliphatic heterocycles. The van der Waals surface area contributed by atoms with Crippen molar-refractivity contribution in [2.75, 3.05) is 19.7 Å². The lowest BCUT2D eigenvalue weighted by Gasteiger charge is -2.21. The van der Waals surface area contributed by atoms with Crippen LogP contribution >= 0.6 is 12.4 Å². The van der Waals surface area contributed by atoms with Crippen LogP contribution in [0.3, 0.4) is 0 Å². The molecule has 1 atom stereocenters. The standard InChI is InChI=1S/C19H22N2O3.ClH/c22-18-8-7-17(19(23)21-18)15-5-3-14(4-6-15)2-1-13-24-16-9-11-20-12-10-16;/h3-6,16-17,20H,7-13H2,(H,21,22,23);1H. The molecule has 0 radical (unpaired) electrons. The first-order valence-electron chi connectivity index (χ1n) is 8.47. The molecule has 0 aliphatic carbocycles. The molecule has 6 heteroatoms. The first-order valence-corrected chi connectivity index (χ1v) is 8.47. The summed E-state index contributed by atoms with van der Waals surface area (Å²) in [5, 5.41) is 5.69. The Kier molecular flexibility index (Phi) is 7.45. The molecule has 0 bridgehead atoms. The summed E-state index contributed by atoms with van der Waals surface area (Å²) in [6.07, 6.45) is 3.37. The van der Waals surface area contributed by atoms with Crippen LogP contribution in [0.2, 0.25) is 0 Å². The van der Waals surface area contributed by atoms with E-state index in [1.807, 2.05) is 24.3 Å². The van der Waals surface area contributed by atoms with Gasteiger partial charge in [-0.2, -0.15) is 0 Å². The van der Waals surface area contributed by atoms with Gasteiger partial charge in [-0.3, -0.25) is 14.9 Å². The highest BCUT2D eigenvalue weighted by Gasteiger charge is 2.27. The molecule has 2 N–H and O–H groups in total. The van der Waals surface area contributed by atoms with Crippen molar-refractivity contribution in [1.29, 1.82) is 0 Å². The van der Waals surface area contributed by atoms with Gasteiger partial charge in [0.25, 0.3) is 0 Å². The Morgan fingerprint density at radius 1 is 1.08 bits per heavy atom. The number of halogens is 1. The van der Waals surface area contributed by atoms with E-state index >= 15 is 0 Å². The second kappa shape index (κ2) is 9.57. The fraction of sp³-hybridized carbons (Fsp3) is 0.474. The predicted octanol–water partition coefficient (Wildman–Crippen LogP) is 1.75. The molecule has 0 spiro atoms. The third kappa shape index (κ3) is 5.57. The van der Waals surface area contributed by atoms with E-state index in [0.29, 0.717) is 25.6 Å².